The van der Waals surface area contributed by atoms with E-state index in [1.54, 1.807) is 11.6 Å². The number of carbonyl (C=O) groups excluding carboxylic acids is 6. The summed E-state index contributed by atoms with van der Waals surface area (Å²) in [6.07, 6.45) is 0.983. The highest BCUT2D eigenvalue weighted by molar-refractivity contribution is 7.09. The van der Waals surface area contributed by atoms with Gasteiger partial charge < -0.3 is 40.7 Å². The molecule has 15 nitrogen and oxygen atoms in total. The quantitative estimate of drug-likeness (QED) is 0.257. The van der Waals surface area contributed by atoms with Gasteiger partial charge in [-0.15, -0.1) is 11.3 Å². The van der Waals surface area contributed by atoms with Crippen molar-refractivity contribution in [1.29, 1.82) is 0 Å². The molecule has 0 fully saturated rings. The maximum atomic E-state index is 13.8. The number of aliphatic hydroxyl groups is 1. The van der Waals surface area contributed by atoms with Crippen molar-refractivity contribution in [3.8, 4) is 0 Å². The molecule has 2 aromatic heterocycles. The Labute approximate surface area is 294 Å². The number of para-hydroxylation sites is 1. The van der Waals surface area contributed by atoms with Gasteiger partial charge in [0.1, 0.15) is 28.9 Å². The van der Waals surface area contributed by atoms with Crippen LogP contribution in [0.15, 0.2) is 35.8 Å². The molecular formula is C34H46N8O7S. The lowest BCUT2D eigenvalue weighted by molar-refractivity contribution is -0.143. The van der Waals surface area contributed by atoms with Crippen LogP contribution in [0.1, 0.15) is 61.2 Å². The second-order valence-electron chi connectivity index (χ2n) is 13.1. The molecule has 5 N–H and O–H groups in total. The lowest BCUT2D eigenvalue weighted by Crippen LogP contribution is -2.53. The van der Waals surface area contributed by atoms with E-state index >= 15 is 0 Å². The Bertz CT molecular complexity index is 1720. The van der Waals surface area contributed by atoms with E-state index in [-0.39, 0.29) is 37.7 Å². The molecule has 0 spiro atoms. The smallest absolute Gasteiger partial charge is 0.271 e. The number of rotatable bonds is 5. The van der Waals surface area contributed by atoms with Gasteiger partial charge in [0.15, 0.2) is 0 Å². The third-order valence-corrected chi connectivity index (χ3v) is 9.35. The number of amides is 6. The van der Waals surface area contributed by atoms with Gasteiger partial charge in [-0.05, 0) is 37.8 Å². The van der Waals surface area contributed by atoms with Crippen molar-refractivity contribution in [1.82, 2.24) is 40.6 Å². The summed E-state index contributed by atoms with van der Waals surface area (Å²) < 4.78 is 0. The molecule has 270 valence electrons. The Kier molecular flexibility index (Phi) is 12.7. The number of fused-ring (bicyclic) bond motifs is 3. The lowest BCUT2D eigenvalue weighted by Gasteiger charge is -2.29. The Balaban J connectivity index is 1.68. The van der Waals surface area contributed by atoms with E-state index in [1.807, 2.05) is 38.1 Å². The van der Waals surface area contributed by atoms with Gasteiger partial charge in [-0.25, -0.2) is 4.98 Å². The molecule has 1 aliphatic heterocycles. The van der Waals surface area contributed by atoms with Gasteiger partial charge in [-0.2, -0.15) is 0 Å². The van der Waals surface area contributed by atoms with Gasteiger partial charge in [0.25, 0.3) is 11.8 Å². The second kappa shape index (κ2) is 16.7. The van der Waals surface area contributed by atoms with E-state index in [9.17, 15) is 33.9 Å². The van der Waals surface area contributed by atoms with Gasteiger partial charge in [0.05, 0.1) is 19.1 Å². The minimum Gasteiger partial charge on any atom is -0.384 e. The summed E-state index contributed by atoms with van der Waals surface area (Å²) in [6, 6.07) is 4.91. The molecule has 0 unspecified atom stereocenters. The highest BCUT2D eigenvalue weighted by Gasteiger charge is 2.31. The fourth-order valence-electron chi connectivity index (χ4n) is 5.76. The monoisotopic (exact) mass is 710 g/mol. The van der Waals surface area contributed by atoms with Gasteiger partial charge in [0.2, 0.25) is 23.6 Å². The van der Waals surface area contributed by atoms with Crippen LogP contribution in [0.4, 0.5) is 0 Å². The van der Waals surface area contributed by atoms with Crippen LogP contribution in [-0.2, 0) is 30.4 Å². The summed E-state index contributed by atoms with van der Waals surface area (Å²) in [7, 11) is 2.94. The highest BCUT2D eigenvalue weighted by atomic mass is 32.1. The number of nitrogens with one attached hydrogen (secondary N) is 4. The van der Waals surface area contributed by atoms with Crippen LogP contribution < -0.4 is 16.0 Å². The van der Waals surface area contributed by atoms with Crippen LogP contribution in [0.2, 0.25) is 0 Å². The summed E-state index contributed by atoms with van der Waals surface area (Å²) in [4.78, 5) is 91.2. The topological polar surface area (TPSA) is 197 Å². The van der Waals surface area contributed by atoms with Gasteiger partial charge in [-0.1, -0.05) is 32.0 Å². The minimum atomic E-state index is -1.39. The Hall–Kier alpha value is -4.83. The molecule has 0 aliphatic carbocycles. The normalized spacial score (nSPS) is 21.5. The first-order valence-electron chi connectivity index (χ1n) is 16.5. The fourth-order valence-corrected chi connectivity index (χ4v) is 6.62. The summed E-state index contributed by atoms with van der Waals surface area (Å²) in [5.41, 5.74) is 1.70. The first kappa shape index (κ1) is 38.0. The molecular weight excluding hydrogens is 664 g/mol. The van der Waals surface area contributed by atoms with E-state index in [2.05, 4.69) is 25.9 Å². The molecule has 16 heteroatoms. The van der Waals surface area contributed by atoms with E-state index in [0.717, 1.165) is 21.4 Å². The maximum Gasteiger partial charge on any atom is 0.271 e. The van der Waals surface area contributed by atoms with Crippen molar-refractivity contribution in [2.75, 3.05) is 40.3 Å². The number of likely N-dealkylation sites (N-methyl/N-ethyl adjacent to an activating group) is 2. The number of H-pyrrole nitrogens is 1. The van der Waals surface area contributed by atoms with E-state index in [4.69, 9.17) is 0 Å². The standard InChI is InChI=1S/C34H46N8O7S/c1-19(2)13-25-31-39-27(18-50-31)30(46)38-26(14-22-15-35-24-10-8-7-9-23(22)24)34(49)41(6)16-28(44)36-20(3)32(47)40(5)11-12-42(17-29(45)37-25)33(48)21(4)43/h7-10,15,18-21,25-26,35,43H,11-14,16-17H2,1-6H3,(H,36,44)(H,37,45)(H,38,46)/t20-,21+,25-,26+/m0/s1. The summed E-state index contributed by atoms with van der Waals surface area (Å²) in [6.45, 7) is 5.91. The summed E-state index contributed by atoms with van der Waals surface area (Å²) in [5, 5.41) is 21.3. The lowest BCUT2D eigenvalue weighted by atomic mass is 10.0. The molecule has 3 heterocycles. The summed E-state index contributed by atoms with van der Waals surface area (Å²) >= 11 is 1.18. The van der Waals surface area contributed by atoms with Crippen molar-refractivity contribution in [2.45, 2.75) is 64.8 Å². The number of thiazole rings is 1. The first-order chi connectivity index (χ1) is 23.6. The number of hydrogen-bond donors (Lipinski definition) is 5. The van der Waals surface area contributed by atoms with Crippen molar-refractivity contribution < 1.29 is 33.9 Å². The average molecular weight is 711 g/mol. The van der Waals surface area contributed by atoms with Crippen molar-refractivity contribution >= 4 is 57.7 Å². The van der Waals surface area contributed by atoms with Crippen molar-refractivity contribution in [2.24, 2.45) is 5.92 Å². The number of benzene rings is 1. The average Bonchev–Trinajstić information content (AvgIpc) is 3.72. The predicted molar refractivity (Wildman–Crippen MR) is 187 cm³/mol. The van der Waals surface area contributed by atoms with Gasteiger partial charge >= 0.3 is 0 Å². The third-order valence-electron chi connectivity index (χ3n) is 8.39. The van der Waals surface area contributed by atoms with Crippen LogP contribution in [-0.4, -0.2) is 124 Å². The molecule has 1 aliphatic rings. The van der Waals surface area contributed by atoms with Crippen molar-refractivity contribution in [3.63, 3.8) is 0 Å². The van der Waals surface area contributed by atoms with E-state index in [0.29, 0.717) is 11.4 Å². The predicted octanol–water partition coefficient (Wildman–Crippen LogP) is 0.813. The number of aromatic nitrogens is 2. The van der Waals surface area contributed by atoms with Crippen LogP contribution in [0, 0.1) is 5.92 Å². The largest absolute Gasteiger partial charge is 0.384 e. The van der Waals surface area contributed by atoms with Crippen LogP contribution in [0.3, 0.4) is 0 Å². The molecule has 0 saturated heterocycles. The Morgan fingerprint density at radius 1 is 0.940 bits per heavy atom. The zero-order valence-corrected chi connectivity index (χ0v) is 30.0. The van der Waals surface area contributed by atoms with Crippen LogP contribution >= 0.6 is 11.3 Å². The number of aromatic amines is 1. The number of aliphatic hydroxyl groups excluding tert-OH is 1. The molecule has 2 bridgehead atoms. The molecule has 4 atom stereocenters. The molecule has 0 radical (unpaired) electrons. The molecule has 1 aromatic carbocycles. The van der Waals surface area contributed by atoms with Gasteiger partial charge in [0, 0.05) is 56.1 Å². The zero-order chi connectivity index (χ0) is 36.7. The number of hydrogen-bond acceptors (Lipinski definition) is 9. The summed E-state index contributed by atoms with van der Waals surface area (Å²) in [5.74, 6) is -3.28. The van der Waals surface area contributed by atoms with Crippen LogP contribution in [0.5, 0.6) is 0 Å². The Morgan fingerprint density at radius 2 is 1.64 bits per heavy atom. The number of carbonyl (C=O) groups is 6. The first-order valence-corrected chi connectivity index (χ1v) is 17.4. The highest BCUT2D eigenvalue weighted by Crippen LogP contribution is 2.25. The second-order valence-corrected chi connectivity index (χ2v) is 14.0. The SMILES string of the molecule is CC(C)C[C@@H]1NC(=O)CN(C(=O)[C@@H](C)O)CCN(C)C(=O)[C@H](C)NC(=O)CN(C)C(=O)[C@@H](Cc2c[nH]c3ccccc23)NC(=O)c2csc1n2. The van der Waals surface area contributed by atoms with Crippen LogP contribution in [0.25, 0.3) is 10.9 Å². The molecule has 50 heavy (non-hydrogen) atoms. The molecule has 0 saturated carbocycles. The molecule has 4 rings (SSSR count). The molecule has 6 amide bonds. The fraction of sp³-hybridized carbons (Fsp3) is 0.500. The third kappa shape index (κ3) is 9.65. The molecule has 3 aromatic rings. The zero-order valence-electron chi connectivity index (χ0n) is 29.2. The van der Waals surface area contributed by atoms with E-state index in [1.165, 1.54) is 49.1 Å². The van der Waals surface area contributed by atoms with E-state index < -0.39 is 66.2 Å². The minimum absolute atomic E-state index is 0.0116. The Morgan fingerprint density at radius 3 is 2.34 bits per heavy atom. The van der Waals surface area contributed by atoms with Crippen molar-refractivity contribution in [3.05, 3.63) is 52.1 Å². The van der Waals surface area contributed by atoms with Gasteiger partial charge in [-0.3, -0.25) is 28.8 Å². The number of nitrogens with zero attached hydrogens (tertiary/aromatic N) is 4. The maximum absolute atomic E-state index is 13.8.